The summed E-state index contributed by atoms with van der Waals surface area (Å²) in [4.78, 5) is 14.8. The predicted octanol–water partition coefficient (Wildman–Crippen LogP) is 4.08. The Hall–Kier alpha value is -2.80. The number of methoxy groups -OCH3 is 1. The van der Waals surface area contributed by atoms with E-state index in [2.05, 4.69) is 53.1 Å². The van der Waals surface area contributed by atoms with Crippen molar-refractivity contribution in [2.24, 2.45) is 0 Å². The molecule has 2 aromatic carbocycles. The van der Waals surface area contributed by atoms with E-state index in [1.165, 1.54) is 11.1 Å². The minimum atomic E-state index is -0.263. The van der Waals surface area contributed by atoms with Crippen molar-refractivity contribution in [2.75, 3.05) is 44.7 Å². The number of piperazine rings is 1. The van der Waals surface area contributed by atoms with Gasteiger partial charge in [0.05, 0.1) is 18.4 Å². The summed E-state index contributed by atoms with van der Waals surface area (Å²) in [5.41, 5.74) is 5.57. The quantitative estimate of drug-likeness (QED) is 0.519. The van der Waals surface area contributed by atoms with Gasteiger partial charge in [0.25, 0.3) is 0 Å². The molecule has 0 saturated carbocycles. The molecule has 34 heavy (non-hydrogen) atoms. The largest absolute Gasteiger partial charge is 0.392 e. The number of hydrogen-bond acceptors (Lipinski definition) is 6. The van der Waals surface area contributed by atoms with Crippen LogP contribution >= 0.6 is 0 Å². The van der Waals surface area contributed by atoms with Gasteiger partial charge in [-0.1, -0.05) is 67.1 Å². The minimum absolute atomic E-state index is 0.263. The van der Waals surface area contributed by atoms with Gasteiger partial charge < -0.3 is 14.7 Å². The van der Waals surface area contributed by atoms with Gasteiger partial charge in [0.2, 0.25) is 0 Å². The summed E-state index contributed by atoms with van der Waals surface area (Å²) >= 11 is 0. The lowest BCUT2D eigenvalue weighted by atomic mass is 10.0. The molecular formula is C28H36N4O2. The van der Waals surface area contributed by atoms with Gasteiger partial charge in [-0.2, -0.15) is 0 Å². The van der Waals surface area contributed by atoms with Crippen LogP contribution in [0.5, 0.6) is 0 Å². The standard InChI is InChI=1S/C28H36N4O2/c1-4-24(33)19-31-14-16-32(17-15-31)28-25(18-22-12-10-21(2)11-13-22)26(20-34-3)29-27(30-28)23-8-6-5-7-9-23/h5-13,24,33H,4,14-20H2,1-3H3/t24-/m1/s1. The van der Waals surface area contributed by atoms with Gasteiger partial charge in [0, 0.05) is 57.4 Å². The Kier molecular flexibility index (Phi) is 8.27. The summed E-state index contributed by atoms with van der Waals surface area (Å²) < 4.78 is 5.59. The molecule has 4 rings (SSSR count). The van der Waals surface area contributed by atoms with E-state index in [1.54, 1.807) is 7.11 Å². The molecule has 1 saturated heterocycles. The van der Waals surface area contributed by atoms with Gasteiger partial charge in [0.15, 0.2) is 5.82 Å². The monoisotopic (exact) mass is 460 g/mol. The lowest BCUT2D eigenvalue weighted by Gasteiger charge is -2.37. The molecule has 0 spiro atoms. The zero-order chi connectivity index (χ0) is 23.9. The van der Waals surface area contributed by atoms with Crippen LogP contribution < -0.4 is 4.90 Å². The predicted molar refractivity (Wildman–Crippen MR) is 137 cm³/mol. The molecule has 3 aromatic rings. The van der Waals surface area contributed by atoms with Crippen LogP contribution in [-0.2, 0) is 17.8 Å². The number of aromatic nitrogens is 2. The molecule has 2 heterocycles. The molecule has 180 valence electrons. The SMILES string of the molecule is CC[C@@H](O)CN1CCN(c2nc(-c3ccccc3)nc(COC)c2Cc2ccc(C)cc2)CC1. The Balaban J connectivity index is 1.70. The first-order valence-corrected chi connectivity index (χ1v) is 12.2. The molecule has 1 aliphatic rings. The molecule has 1 atom stereocenters. The van der Waals surface area contributed by atoms with E-state index < -0.39 is 0 Å². The van der Waals surface area contributed by atoms with Crippen molar-refractivity contribution >= 4 is 5.82 Å². The van der Waals surface area contributed by atoms with Crippen LogP contribution in [0.25, 0.3) is 11.4 Å². The number of aliphatic hydroxyl groups is 1. The molecule has 0 amide bonds. The molecule has 0 bridgehead atoms. The summed E-state index contributed by atoms with van der Waals surface area (Å²) in [6.07, 6.45) is 1.28. The number of β-amino-alcohol motifs (C(OH)–C–C–N with tert-alkyl or cyclic N) is 1. The van der Waals surface area contributed by atoms with Crippen molar-refractivity contribution in [3.63, 3.8) is 0 Å². The fraction of sp³-hybridized carbons (Fsp3) is 0.429. The van der Waals surface area contributed by atoms with Crippen LogP contribution in [0.15, 0.2) is 54.6 Å². The average Bonchev–Trinajstić information content (AvgIpc) is 2.87. The first-order valence-electron chi connectivity index (χ1n) is 12.2. The lowest BCUT2D eigenvalue weighted by Crippen LogP contribution is -2.49. The maximum Gasteiger partial charge on any atom is 0.161 e. The number of benzene rings is 2. The highest BCUT2D eigenvalue weighted by molar-refractivity contribution is 5.61. The van der Waals surface area contributed by atoms with Crippen molar-refractivity contribution in [3.8, 4) is 11.4 Å². The number of hydrogen-bond donors (Lipinski definition) is 1. The van der Waals surface area contributed by atoms with Crippen molar-refractivity contribution in [2.45, 2.75) is 39.4 Å². The number of rotatable bonds is 9. The molecule has 0 aliphatic carbocycles. The summed E-state index contributed by atoms with van der Waals surface area (Å²) in [5, 5.41) is 10.1. The number of aliphatic hydroxyl groups excluding tert-OH is 1. The molecular weight excluding hydrogens is 424 g/mol. The highest BCUT2D eigenvalue weighted by atomic mass is 16.5. The molecule has 1 N–H and O–H groups in total. The third-order valence-electron chi connectivity index (χ3n) is 6.50. The molecule has 0 unspecified atom stereocenters. The minimum Gasteiger partial charge on any atom is -0.392 e. The summed E-state index contributed by atoms with van der Waals surface area (Å²) in [6.45, 7) is 8.87. The Bertz CT molecular complexity index is 1050. The number of aryl methyl sites for hydroxylation is 1. The fourth-order valence-electron chi connectivity index (χ4n) is 4.41. The molecule has 0 radical (unpaired) electrons. The van der Waals surface area contributed by atoms with Gasteiger partial charge in [-0.15, -0.1) is 0 Å². The highest BCUT2D eigenvalue weighted by Crippen LogP contribution is 2.29. The summed E-state index contributed by atoms with van der Waals surface area (Å²) in [5.74, 6) is 1.73. The maximum absolute atomic E-state index is 10.1. The molecule has 6 nitrogen and oxygen atoms in total. The van der Waals surface area contributed by atoms with Crippen LogP contribution in [0.1, 0.15) is 35.7 Å². The van der Waals surface area contributed by atoms with E-state index in [0.717, 1.165) is 74.0 Å². The third kappa shape index (κ3) is 6.00. The van der Waals surface area contributed by atoms with Crippen molar-refractivity contribution in [1.82, 2.24) is 14.9 Å². The van der Waals surface area contributed by atoms with Crippen LogP contribution in [-0.4, -0.2) is 65.9 Å². The molecule has 1 fully saturated rings. The second kappa shape index (κ2) is 11.6. The average molecular weight is 461 g/mol. The van der Waals surface area contributed by atoms with E-state index in [9.17, 15) is 5.11 Å². The first-order chi connectivity index (χ1) is 16.6. The Labute approximate surface area is 203 Å². The molecule has 6 heteroatoms. The maximum atomic E-state index is 10.1. The third-order valence-corrected chi connectivity index (χ3v) is 6.50. The molecule has 1 aromatic heterocycles. The lowest BCUT2D eigenvalue weighted by molar-refractivity contribution is 0.106. The van der Waals surface area contributed by atoms with Gasteiger partial charge in [0.1, 0.15) is 5.82 Å². The number of nitrogens with zero attached hydrogens (tertiary/aromatic N) is 4. The Morgan fingerprint density at radius 3 is 2.32 bits per heavy atom. The first kappa shape index (κ1) is 24.3. The summed E-state index contributed by atoms with van der Waals surface area (Å²) in [7, 11) is 1.72. The van der Waals surface area contributed by atoms with E-state index in [4.69, 9.17) is 14.7 Å². The van der Waals surface area contributed by atoms with E-state index >= 15 is 0 Å². The van der Waals surface area contributed by atoms with Gasteiger partial charge in [-0.05, 0) is 18.9 Å². The van der Waals surface area contributed by atoms with Crippen LogP contribution in [0.4, 0.5) is 5.82 Å². The molecule has 1 aliphatic heterocycles. The number of ether oxygens (including phenoxy) is 1. The fourth-order valence-corrected chi connectivity index (χ4v) is 4.41. The van der Waals surface area contributed by atoms with Crippen molar-refractivity contribution in [3.05, 3.63) is 77.0 Å². The second-order valence-electron chi connectivity index (χ2n) is 9.11. The van der Waals surface area contributed by atoms with E-state index in [-0.39, 0.29) is 6.10 Å². The van der Waals surface area contributed by atoms with E-state index in [1.807, 2.05) is 25.1 Å². The van der Waals surface area contributed by atoms with Crippen LogP contribution in [0, 0.1) is 6.92 Å². The normalized spacial score (nSPS) is 15.5. The van der Waals surface area contributed by atoms with Crippen molar-refractivity contribution < 1.29 is 9.84 Å². The number of anilines is 1. The highest BCUT2D eigenvalue weighted by Gasteiger charge is 2.25. The van der Waals surface area contributed by atoms with Gasteiger partial charge in [-0.3, -0.25) is 4.90 Å². The van der Waals surface area contributed by atoms with Crippen LogP contribution in [0.3, 0.4) is 0 Å². The Morgan fingerprint density at radius 1 is 0.971 bits per heavy atom. The van der Waals surface area contributed by atoms with Crippen LogP contribution in [0.2, 0.25) is 0 Å². The zero-order valence-corrected chi connectivity index (χ0v) is 20.6. The Morgan fingerprint density at radius 2 is 1.68 bits per heavy atom. The van der Waals surface area contributed by atoms with Gasteiger partial charge in [-0.25, -0.2) is 9.97 Å². The zero-order valence-electron chi connectivity index (χ0n) is 20.6. The topological polar surface area (TPSA) is 61.7 Å². The van der Waals surface area contributed by atoms with E-state index in [0.29, 0.717) is 6.61 Å². The summed E-state index contributed by atoms with van der Waals surface area (Å²) in [6, 6.07) is 18.8. The second-order valence-corrected chi connectivity index (χ2v) is 9.11. The van der Waals surface area contributed by atoms with Gasteiger partial charge >= 0.3 is 0 Å². The smallest absolute Gasteiger partial charge is 0.161 e. The van der Waals surface area contributed by atoms with Crippen molar-refractivity contribution in [1.29, 1.82) is 0 Å².